The van der Waals surface area contributed by atoms with E-state index in [9.17, 15) is 15.3 Å². The molecule has 1 fully saturated rings. The van der Waals surface area contributed by atoms with Crippen LogP contribution in [0.1, 0.15) is 0 Å². The average molecular weight is 330 g/mol. The molecule has 2 heterocycles. The Balaban J connectivity index is 1.88. The second-order valence-corrected chi connectivity index (χ2v) is 5.54. The van der Waals surface area contributed by atoms with Crippen molar-refractivity contribution in [1.29, 1.82) is 0 Å². The summed E-state index contributed by atoms with van der Waals surface area (Å²) in [7, 11) is 0. The number of halogens is 1. The molecule has 22 heavy (non-hydrogen) atoms. The number of hydrogen-bond donors (Lipinski definition) is 5. The number of rotatable bonds is 3. The smallest absolute Gasteiger partial charge is 0.229 e. The number of aromatic amines is 1. The van der Waals surface area contributed by atoms with Gasteiger partial charge in [-0.1, -0.05) is 17.7 Å². The third kappa shape index (κ3) is 2.56. The third-order valence-corrected chi connectivity index (χ3v) is 4.03. The first kappa shape index (κ1) is 15.5. The fraction of sp³-hybridized carbons (Fsp3) is 0.429. The van der Waals surface area contributed by atoms with Crippen molar-refractivity contribution in [2.45, 2.75) is 30.7 Å². The molecule has 0 amide bonds. The van der Waals surface area contributed by atoms with Gasteiger partial charge in [-0.25, -0.2) is 0 Å². The van der Waals surface area contributed by atoms with Crippen molar-refractivity contribution in [3.8, 4) is 5.75 Å². The number of H-pyrrole nitrogens is 1. The van der Waals surface area contributed by atoms with Crippen LogP contribution in [0.15, 0.2) is 24.4 Å². The number of aromatic nitrogens is 1. The maximum absolute atomic E-state index is 9.98. The number of aliphatic hydroxyl groups excluding tert-OH is 4. The molecule has 5 atom stereocenters. The van der Waals surface area contributed by atoms with Crippen LogP contribution >= 0.6 is 11.6 Å². The molecule has 2 aromatic rings. The van der Waals surface area contributed by atoms with Crippen molar-refractivity contribution in [3.05, 3.63) is 29.4 Å². The summed E-state index contributed by atoms with van der Waals surface area (Å²) in [4.78, 5) is 2.97. The molecule has 1 aromatic heterocycles. The van der Waals surface area contributed by atoms with E-state index < -0.39 is 37.3 Å². The summed E-state index contributed by atoms with van der Waals surface area (Å²) in [6.45, 7) is -0.514. The SMILES string of the molecule is OC[C@H]1OC(Oc2c[nH]c3cccc(Cl)c23)[C@@H](O)[C@@H](O)[C@@H]1O. The van der Waals surface area contributed by atoms with Crippen LogP contribution in [0.5, 0.6) is 5.75 Å². The van der Waals surface area contributed by atoms with Gasteiger partial charge in [0.05, 0.1) is 22.5 Å². The van der Waals surface area contributed by atoms with Crippen LogP contribution in [0.3, 0.4) is 0 Å². The third-order valence-electron chi connectivity index (χ3n) is 3.71. The molecule has 0 saturated carbocycles. The Morgan fingerprint density at radius 1 is 1.18 bits per heavy atom. The molecule has 1 saturated heterocycles. The normalized spacial score (nSPS) is 32.3. The minimum absolute atomic E-state index is 0.338. The van der Waals surface area contributed by atoms with E-state index >= 15 is 0 Å². The molecule has 8 heteroatoms. The average Bonchev–Trinajstić information content (AvgIpc) is 2.92. The maximum Gasteiger partial charge on any atom is 0.229 e. The summed E-state index contributed by atoms with van der Waals surface area (Å²) in [5, 5.41) is 39.7. The largest absolute Gasteiger partial charge is 0.460 e. The Labute approximate surface area is 130 Å². The lowest BCUT2D eigenvalue weighted by molar-refractivity contribution is -0.277. The van der Waals surface area contributed by atoms with Gasteiger partial charge >= 0.3 is 0 Å². The van der Waals surface area contributed by atoms with E-state index in [1.54, 1.807) is 24.4 Å². The number of fused-ring (bicyclic) bond motifs is 1. The molecule has 1 aliphatic rings. The quantitative estimate of drug-likeness (QED) is 0.541. The minimum atomic E-state index is -1.49. The summed E-state index contributed by atoms with van der Waals surface area (Å²) >= 11 is 6.13. The topological polar surface area (TPSA) is 115 Å². The first-order valence-electron chi connectivity index (χ1n) is 6.75. The van der Waals surface area contributed by atoms with Crippen molar-refractivity contribution in [3.63, 3.8) is 0 Å². The van der Waals surface area contributed by atoms with Crippen molar-refractivity contribution in [2.75, 3.05) is 6.61 Å². The van der Waals surface area contributed by atoms with Gasteiger partial charge in [0.1, 0.15) is 30.2 Å². The molecule has 0 bridgehead atoms. The highest BCUT2D eigenvalue weighted by atomic mass is 35.5. The highest BCUT2D eigenvalue weighted by molar-refractivity contribution is 6.36. The van der Waals surface area contributed by atoms with Crippen LogP contribution in [0, 0.1) is 0 Å². The first-order chi connectivity index (χ1) is 10.5. The summed E-state index contributed by atoms with van der Waals surface area (Å²) in [5.41, 5.74) is 0.743. The monoisotopic (exact) mass is 329 g/mol. The van der Waals surface area contributed by atoms with Crippen LogP contribution in [0.25, 0.3) is 10.9 Å². The van der Waals surface area contributed by atoms with E-state index in [0.29, 0.717) is 16.2 Å². The van der Waals surface area contributed by atoms with Gasteiger partial charge in [-0.3, -0.25) is 0 Å². The fourth-order valence-corrected chi connectivity index (χ4v) is 2.76. The zero-order valence-electron chi connectivity index (χ0n) is 11.4. The molecule has 120 valence electrons. The highest BCUT2D eigenvalue weighted by Crippen LogP contribution is 2.34. The molecular formula is C14H16ClNO6. The summed E-state index contributed by atoms with van der Waals surface area (Å²) in [5.74, 6) is 0.338. The predicted octanol–water partition coefficient (Wildman–Crippen LogP) is -0.000000000000000278. The molecule has 0 aliphatic carbocycles. The van der Waals surface area contributed by atoms with E-state index in [1.807, 2.05) is 0 Å². The molecule has 1 aromatic carbocycles. The van der Waals surface area contributed by atoms with Crippen molar-refractivity contribution < 1.29 is 29.9 Å². The Morgan fingerprint density at radius 3 is 2.68 bits per heavy atom. The molecule has 3 rings (SSSR count). The van der Waals surface area contributed by atoms with Crippen LogP contribution in [-0.4, -0.2) is 62.7 Å². The fourth-order valence-electron chi connectivity index (χ4n) is 2.49. The molecule has 5 N–H and O–H groups in total. The summed E-state index contributed by atoms with van der Waals surface area (Å²) in [6, 6.07) is 5.28. The lowest BCUT2D eigenvalue weighted by atomic mass is 9.99. The predicted molar refractivity (Wildman–Crippen MR) is 77.7 cm³/mol. The zero-order valence-corrected chi connectivity index (χ0v) is 12.1. The maximum atomic E-state index is 9.98. The Hall–Kier alpha value is -1.35. The second-order valence-electron chi connectivity index (χ2n) is 5.13. The standard InChI is InChI=1S/C14H16ClNO6/c15-6-2-1-3-7-10(6)8(4-16-7)21-14-13(20)12(19)11(18)9(5-17)22-14/h1-4,9,11-14,16-20H,5H2/t9-,11-,12+,13+,14?/m1/s1. The second kappa shape index (κ2) is 6.04. The van der Waals surface area contributed by atoms with Crippen molar-refractivity contribution in [1.82, 2.24) is 4.98 Å². The molecule has 0 spiro atoms. The van der Waals surface area contributed by atoms with Crippen LogP contribution in [0.4, 0.5) is 0 Å². The summed E-state index contributed by atoms with van der Waals surface area (Å²) in [6.07, 6.45) is -5.10. The van der Waals surface area contributed by atoms with Crippen molar-refractivity contribution >= 4 is 22.5 Å². The lowest BCUT2D eigenvalue weighted by Crippen LogP contribution is -2.60. The zero-order chi connectivity index (χ0) is 15.9. The Kier molecular flexibility index (Phi) is 4.26. The van der Waals surface area contributed by atoms with Gasteiger partial charge in [-0.2, -0.15) is 0 Å². The van der Waals surface area contributed by atoms with Gasteiger partial charge in [0.15, 0.2) is 0 Å². The van der Waals surface area contributed by atoms with E-state index in [0.717, 1.165) is 5.52 Å². The lowest BCUT2D eigenvalue weighted by Gasteiger charge is -2.39. The Morgan fingerprint density at radius 2 is 1.95 bits per heavy atom. The molecular weight excluding hydrogens is 314 g/mol. The molecule has 0 radical (unpaired) electrons. The minimum Gasteiger partial charge on any atom is -0.460 e. The number of nitrogens with one attached hydrogen (secondary N) is 1. The Bertz CT molecular complexity index is 660. The van der Waals surface area contributed by atoms with Gasteiger partial charge in [0, 0.05) is 6.20 Å². The van der Waals surface area contributed by atoms with Gasteiger partial charge < -0.3 is 34.9 Å². The van der Waals surface area contributed by atoms with Gasteiger partial charge in [0.25, 0.3) is 0 Å². The molecule has 1 aliphatic heterocycles. The van der Waals surface area contributed by atoms with Crippen LogP contribution in [0.2, 0.25) is 5.02 Å². The van der Waals surface area contributed by atoms with Gasteiger partial charge in [-0.15, -0.1) is 0 Å². The molecule has 1 unspecified atom stereocenters. The highest BCUT2D eigenvalue weighted by Gasteiger charge is 2.44. The number of aliphatic hydroxyl groups is 4. The first-order valence-corrected chi connectivity index (χ1v) is 7.13. The number of ether oxygens (including phenoxy) is 2. The summed E-state index contributed by atoms with van der Waals surface area (Å²) < 4.78 is 10.9. The molecule has 7 nitrogen and oxygen atoms in total. The number of benzene rings is 1. The van der Waals surface area contributed by atoms with Crippen LogP contribution in [-0.2, 0) is 4.74 Å². The van der Waals surface area contributed by atoms with E-state index in [4.69, 9.17) is 26.2 Å². The van der Waals surface area contributed by atoms with Crippen molar-refractivity contribution in [2.24, 2.45) is 0 Å². The van der Waals surface area contributed by atoms with E-state index in [-0.39, 0.29) is 0 Å². The van der Waals surface area contributed by atoms with Crippen LogP contribution < -0.4 is 4.74 Å². The van der Waals surface area contributed by atoms with E-state index in [2.05, 4.69) is 4.98 Å². The van der Waals surface area contributed by atoms with Gasteiger partial charge in [-0.05, 0) is 12.1 Å². The van der Waals surface area contributed by atoms with E-state index in [1.165, 1.54) is 0 Å². The van der Waals surface area contributed by atoms with Gasteiger partial charge in [0.2, 0.25) is 6.29 Å². The number of hydrogen-bond acceptors (Lipinski definition) is 6.